The molecule has 1 aromatic carbocycles. The first kappa shape index (κ1) is 18.5. The molecule has 1 heterocycles. The highest BCUT2D eigenvalue weighted by Gasteiger charge is 2.37. The van der Waals surface area contributed by atoms with Crippen LogP contribution in [-0.4, -0.2) is 46.9 Å². The number of nitrogens with zero attached hydrogens (tertiary/aromatic N) is 3. The van der Waals surface area contributed by atoms with Crippen LogP contribution in [0.4, 0.5) is 10.5 Å². The van der Waals surface area contributed by atoms with Crippen molar-refractivity contribution in [3.05, 3.63) is 42.7 Å². The van der Waals surface area contributed by atoms with E-state index in [1.807, 2.05) is 36.5 Å². The number of likely N-dealkylation sites (N-methyl/N-ethyl adjacent to an activating group) is 1. The minimum atomic E-state index is -0.177. The number of carbonyl (C=O) groups is 1. The van der Waals surface area contributed by atoms with Crippen molar-refractivity contribution < 1.29 is 4.79 Å². The molecule has 1 saturated carbocycles. The first-order chi connectivity index (χ1) is 12.5. The van der Waals surface area contributed by atoms with Gasteiger partial charge in [-0.05, 0) is 51.1 Å². The number of benzene rings is 1. The standard InChI is InChI=1S/C20H29N5O/c1-16-8-6-11-20(14-16,24(2)3)15-21-19(26)23-17-9-4-5-10-18(17)25-13-7-12-22-25/h4-5,7,9-10,12-13,16H,6,8,11,14-15H2,1-3H3,(H2,21,23,26)/t16-,20+/m1/s1. The smallest absolute Gasteiger partial charge is 0.319 e. The van der Waals surface area contributed by atoms with Gasteiger partial charge in [0, 0.05) is 24.5 Å². The van der Waals surface area contributed by atoms with Crippen molar-refractivity contribution in [3.63, 3.8) is 0 Å². The van der Waals surface area contributed by atoms with Crippen molar-refractivity contribution in [2.75, 3.05) is 26.0 Å². The number of rotatable bonds is 5. The minimum Gasteiger partial charge on any atom is -0.336 e. The number of nitrogens with one attached hydrogen (secondary N) is 2. The Labute approximate surface area is 155 Å². The van der Waals surface area contributed by atoms with E-state index in [0.717, 1.165) is 24.2 Å². The summed E-state index contributed by atoms with van der Waals surface area (Å²) in [6.45, 7) is 2.96. The molecule has 2 atom stereocenters. The third-order valence-electron chi connectivity index (χ3n) is 5.50. The number of carbonyl (C=O) groups excluding carboxylic acids is 1. The second-order valence-electron chi connectivity index (χ2n) is 7.60. The molecule has 1 aliphatic rings. The van der Waals surface area contributed by atoms with E-state index < -0.39 is 0 Å². The summed E-state index contributed by atoms with van der Waals surface area (Å²) in [5, 5.41) is 10.3. The van der Waals surface area contributed by atoms with Crippen molar-refractivity contribution in [3.8, 4) is 5.69 Å². The van der Waals surface area contributed by atoms with Gasteiger partial charge in [0.05, 0.1) is 11.4 Å². The molecule has 0 aliphatic heterocycles. The maximum atomic E-state index is 12.6. The third-order valence-corrected chi connectivity index (χ3v) is 5.50. The molecule has 0 radical (unpaired) electrons. The zero-order valence-electron chi connectivity index (χ0n) is 15.9. The van der Waals surface area contributed by atoms with Gasteiger partial charge < -0.3 is 15.5 Å². The Balaban J connectivity index is 1.66. The highest BCUT2D eigenvalue weighted by atomic mass is 16.2. The Morgan fingerprint density at radius 1 is 1.35 bits per heavy atom. The highest BCUT2D eigenvalue weighted by Crippen LogP contribution is 2.35. The van der Waals surface area contributed by atoms with Gasteiger partial charge >= 0.3 is 6.03 Å². The summed E-state index contributed by atoms with van der Waals surface area (Å²) >= 11 is 0. The van der Waals surface area contributed by atoms with Crippen LogP contribution >= 0.6 is 0 Å². The number of amides is 2. The van der Waals surface area contributed by atoms with Crippen LogP contribution in [0.3, 0.4) is 0 Å². The van der Waals surface area contributed by atoms with Gasteiger partial charge in [0.2, 0.25) is 0 Å². The molecule has 0 bridgehead atoms. The summed E-state index contributed by atoms with van der Waals surface area (Å²) < 4.78 is 1.75. The van der Waals surface area contributed by atoms with Gasteiger partial charge in [0.1, 0.15) is 0 Å². The molecule has 1 fully saturated rings. The molecule has 3 rings (SSSR count). The van der Waals surface area contributed by atoms with Crippen LogP contribution in [0.2, 0.25) is 0 Å². The Morgan fingerprint density at radius 2 is 2.15 bits per heavy atom. The first-order valence-corrected chi connectivity index (χ1v) is 9.31. The van der Waals surface area contributed by atoms with Crippen molar-refractivity contribution >= 4 is 11.7 Å². The Bertz CT molecular complexity index is 728. The molecule has 0 unspecified atom stereocenters. The second-order valence-corrected chi connectivity index (χ2v) is 7.60. The van der Waals surface area contributed by atoms with Gasteiger partial charge in [0.25, 0.3) is 0 Å². The van der Waals surface area contributed by atoms with Gasteiger partial charge in [-0.25, -0.2) is 9.48 Å². The van der Waals surface area contributed by atoms with E-state index >= 15 is 0 Å². The Morgan fingerprint density at radius 3 is 2.85 bits per heavy atom. The van der Waals surface area contributed by atoms with Gasteiger partial charge in [-0.15, -0.1) is 0 Å². The van der Waals surface area contributed by atoms with E-state index in [1.54, 1.807) is 10.9 Å². The van der Waals surface area contributed by atoms with Crippen LogP contribution in [0.25, 0.3) is 5.69 Å². The predicted octanol–water partition coefficient (Wildman–Crippen LogP) is 3.50. The molecule has 1 aliphatic carbocycles. The predicted molar refractivity (Wildman–Crippen MR) is 105 cm³/mol. The van der Waals surface area contributed by atoms with Crippen molar-refractivity contribution in [1.29, 1.82) is 0 Å². The minimum absolute atomic E-state index is 0.0382. The van der Waals surface area contributed by atoms with Gasteiger partial charge in [-0.2, -0.15) is 5.10 Å². The Kier molecular flexibility index (Phi) is 5.61. The lowest BCUT2D eigenvalue weighted by Gasteiger charge is -2.45. The molecule has 6 nitrogen and oxygen atoms in total. The number of urea groups is 1. The average Bonchev–Trinajstić information content (AvgIpc) is 3.15. The number of hydrogen-bond donors (Lipinski definition) is 2. The lowest BCUT2D eigenvalue weighted by atomic mass is 9.75. The fraction of sp³-hybridized carbons (Fsp3) is 0.500. The van der Waals surface area contributed by atoms with Crippen molar-refractivity contribution in [2.24, 2.45) is 5.92 Å². The molecular formula is C20H29N5O. The molecule has 0 saturated heterocycles. The fourth-order valence-electron chi connectivity index (χ4n) is 3.96. The maximum Gasteiger partial charge on any atom is 0.319 e. The largest absolute Gasteiger partial charge is 0.336 e. The van der Waals surface area contributed by atoms with Gasteiger partial charge in [-0.3, -0.25) is 0 Å². The summed E-state index contributed by atoms with van der Waals surface area (Å²) in [6, 6.07) is 9.36. The van der Waals surface area contributed by atoms with Crippen molar-refractivity contribution in [2.45, 2.75) is 38.1 Å². The van der Waals surface area contributed by atoms with E-state index in [4.69, 9.17) is 0 Å². The van der Waals surface area contributed by atoms with Crippen LogP contribution in [-0.2, 0) is 0 Å². The number of para-hydroxylation sites is 2. The van der Waals surface area contributed by atoms with Crippen LogP contribution < -0.4 is 10.6 Å². The lowest BCUT2D eigenvalue weighted by Crippen LogP contribution is -2.55. The molecule has 2 amide bonds. The summed E-state index contributed by atoms with van der Waals surface area (Å²) in [5.74, 6) is 0.691. The number of anilines is 1. The van der Waals surface area contributed by atoms with Gasteiger partial charge in [0.15, 0.2) is 0 Å². The van der Waals surface area contributed by atoms with E-state index in [0.29, 0.717) is 12.5 Å². The molecule has 26 heavy (non-hydrogen) atoms. The molecule has 0 spiro atoms. The summed E-state index contributed by atoms with van der Waals surface area (Å²) in [6.07, 6.45) is 8.31. The topological polar surface area (TPSA) is 62.2 Å². The summed E-state index contributed by atoms with van der Waals surface area (Å²) in [4.78, 5) is 14.8. The average molecular weight is 355 g/mol. The zero-order chi connectivity index (χ0) is 18.6. The number of hydrogen-bond acceptors (Lipinski definition) is 3. The van der Waals surface area contributed by atoms with Crippen LogP contribution in [0, 0.1) is 5.92 Å². The highest BCUT2D eigenvalue weighted by molar-refractivity contribution is 5.91. The second kappa shape index (κ2) is 7.91. The molecule has 2 N–H and O–H groups in total. The van der Waals surface area contributed by atoms with E-state index in [1.165, 1.54) is 12.8 Å². The van der Waals surface area contributed by atoms with Crippen LogP contribution in [0.5, 0.6) is 0 Å². The zero-order valence-corrected chi connectivity index (χ0v) is 15.9. The number of aromatic nitrogens is 2. The molecule has 2 aromatic rings. The maximum absolute atomic E-state index is 12.6. The fourth-order valence-corrected chi connectivity index (χ4v) is 3.96. The molecule has 6 heteroatoms. The van der Waals surface area contributed by atoms with E-state index in [9.17, 15) is 4.79 Å². The summed E-state index contributed by atoms with van der Waals surface area (Å²) in [7, 11) is 4.23. The van der Waals surface area contributed by atoms with Crippen LogP contribution in [0.1, 0.15) is 32.6 Å². The molecule has 1 aromatic heterocycles. The van der Waals surface area contributed by atoms with E-state index in [-0.39, 0.29) is 11.6 Å². The summed E-state index contributed by atoms with van der Waals surface area (Å²) in [5.41, 5.74) is 1.63. The third kappa shape index (κ3) is 4.07. The molecule has 140 valence electrons. The normalized spacial score (nSPS) is 23.0. The first-order valence-electron chi connectivity index (χ1n) is 9.31. The van der Waals surface area contributed by atoms with E-state index in [2.05, 4.69) is 41.7 Å². The lowest BCUT2D eigenvalue weighted by molar-refractivity contribution is 0.0779. The molecular weight excluding hydrogens is 326 g/mol. The monoisotopic (exact) mass is 355 g/mol. The quantitative estimate of drug-likeness (QED) is 0.863. The Hall–Kier alpha value is -2.34. The van der Waals surface area contributed by atoms with Crippen LogP contribution in [0.15, 0.2) is 42.7 Å². The SMILES string of the molecule is C[C@@H]1CCC[C@](CNC(=O)Nc2ccccc2-n2cccn2)(N(C)C)C1. The van der Waals surface area contributed by atoms with Gasteiger partial charge in [-0.1, -0.05) is 31.9 Å². The van der Waals surface area contributed by atoms with Crippen molar-refractivity contribution in [1.82, 2.24) is 20.0 Å².